The van der Waals surface area contributed by atoms with Crippen LogP contribution in [0.2, 0.25) is 0 Å². The van der Waals surface area contributed by atoms with Crippen molar-refractivity contribution in [3.8, 4) is 0 Å². The van der Waals surface area contributed by atoms with Gasteiger partial charge in [-0.3, -0.25) is 9.59 Å². The molecule has 0 bridgehead atoms. The monoisotopic (exact) mass is 295 g/mol. The van der Waals surface area contributed by atoms with Gasteiger partial charge in [-0.25, -0.2) is 9.18 Å². The number of hydrogen-bond donors (Lipinski definition) is 3. The topological polar surface area (TPSA) is 104 Å². The van der Waals surface area contributed by atoms with Crippen LogP contribution in [0.5, 0.6) is 0 Å². The molecule has 0 saturated heterocycles. The Bertz CT molecular complexity index is 570. The molecule has 0 radical (unpaired) electrons. The minimum Gasteiger partial charge on any atom is -0.481 e. The quantitative estimate of drug-likeness (QED) is 0.657. The van der Waals surface area contributed by atoms with Crippen molar-refractivity contribution in [3.63, 3.8) is 0 Å². The van der Waals surface area contributed by atoms with E-state index in [2.05, 4.69) is 5.32 Å². The maximum Gasteiger partial charge on any atom is 0.326 e. The van der Waals surface area contributed by atoms with E-state index in [0.29, 0.717) is 5.56 Å². The van der Waals surface area contributed by atoms with Crippen LogP contribution in [0.25, 0.3) is 6.08 Å². The number of nitrogens with one attached hydrogen (secondary N) is 1. The number of carbonyl (C=O) groups excluding carboxylic acids is 1. The minimum atomic E-state index is -1.32. The van der Waals surface area contributed by atoms with Gasteiger partial charge in [0.2, 0.25) is 5.91 Å². The maximum absolute atomic E-state index is 12.9. The van der Waals surface area contributed by atoms with Crippen molar-refractivity contribution < 1.29 is 29.0 Å². The van der Waals surface area contributed by atoms with E-state index in [4.69, 9.17) is 10.2 Å². The highest BCUT2D eigenvalue weighted by atomic mass is 19.1. The highest BCUT2D eigenvalue weighted by Gasteiger charge is 2.19. The number of rotatable bonds is 7. The van der Waals surface area contributed by atoms with Crippen molar-refractivity contribution >= 4 is 23.9 Å². The molecule has 0 fully saturated rings. The molecule has 112 valence electrons. The lowest BCUT2D eigenvalue weighted by Crippen LogP contribution is -2.40. The first kappa shape index (κ1) is 16.4. The number of carboxylic acids is 2. The van der Waals surface area contributed by atoms with E-state index >= 15 is 0 Å². The summed E-state index contributed by atoms with van der Waals surface area (Å²) >= 11 is 0. The first-order valence-electron chi connectivity index (χ1n) is 6.07. The number of halogens is 1. The average molecular weight is 295 g/mol. The van der Waals surface area contributed by atoms with Crippen LogP contribution >= 0.6 is 0 Å². The number of amides is 1. The fourth-order valence-electron chi connectivity index (χ4n) is 1.53. The number of carboxylic acid groups (broad SMARTS) is 2. The van der Waals surface area contributed by atoms with E-state index in [0.717, 1.165) is 6.08 Å². The summed E-state index contributed by atoms with van der Waals surface area (Å²) in [5.74, 6) is -3.62. The maximum atomic E-state index is 12.9. The Balaban J connectivity index is 2.61. The van der Waals surface area contributed by atoms with Crippen molar-refractivity contribution in [1.29, 1.82) is 0 Å². The second-order valence-electron chi connectivity index (χ2n) is 4.22. The summed E-state index contributed by atoms with van der Waals surface area (Å²) in [4.78, 5) is 32.8. The Morgan fingerprint density at radius 1 is 1.29 bits per heavy atom. The Kier molecular flexibility index (Phi) is 6.06. The zero-order chi connectivity index (χ0) is 15.8. The Morgan fingerprint density at radius 2 is 2.00 bits per heavy atom. The van der Waals surface area contributed by atoms with Gasteiger partial charge in [0, 0.05) is 12.5 Å². The van der Waals surface area contributed by atoms with Gasteiger partial charge in [0.05, 0.1) is 0 Å². The van der Waals surface area contributed by atoms with Gasteiger partial charge >= 0.3 is 11.9 Å². The van der Waals surface area contributed by atoms with Crippen LogP contribution in [-0.4, -0.2) is 34.1 Å². The summed E-state index contributed by atoms with van der Waals surface area (Å²) in [5.41, 5.74) is 0.447. The third-order valence-corrected chi connectivity index (χ3v) is 2.54. The highest BCUT2D eigenvalue weighted by molar-refractivity contribution is 5.94. The predicted octanol–water partition coefficient (Wildman–Crippen LogP) is 1.27. The number of aliphatic carboxylic acids is 2. The molecule has 0 saturated carbocycles. The summed E-state index contributed by atoms with van der Waals surface area (Å²) in [6.07, 6.45) is 1.80. The zero-order valence-electron chi connectivity index (χ0n) is 11.0. The smallest absolute Gasteiger partial charge is 0.326 e. The fourth-order valence-corrected chi connectivity index (χ4v) is 1.53. The Hall–Kier alpha value is -2.70. The number of carbonyl (C=O) groups is 3. The second kappa shape index (κ2) is 7.78. The molecule has 0 aliphatic carbocycles. The van der Waals surface area contributed by atoms with Gasteiger partial charge in [0.1, 0.15) is 11.9 Å². The standard InChI is InChI=1S/C14H14FNO5/c15-10-3-1-2-9(8-10)4-6-12(17)16-11(14(20)21)5-7-13(18)19/h1-4,6,8,11H,5,7H2,(H,16,17)(H,18,19)(H,20,21)/b6-4+/t11-/m0/s1. The first-order chi connectivity index (χ1) is 9.88. The number of benzene rings is 1. The molecule has 21 heavy (non-hydrogen) atoms. The lowest BCUT2D eigenvalue weighted by Gasteiger charge is -2.11. The molecule has 1 aromatic rings. The van der Waals surface area contributed by atoms with Gasteiger partial charge in [0.15, 0.2) is 0 Å². The van der Waals surface area contributed by atoms with E-state index in [1.165, 1.54) is 24.3 Å². The van der Waals surface area contributed by atoms with Gasteiger partial charge < -0.3 is 15.5 Å². The van der Waals surface area contributed by atoms with Gasteiger partial charge in [-0.05, 0) is 30.2 Å². The predicted molar refractivity (Wildman–Crippen MR) is 71.9 cm³/mol. The molecule has 0 spiro atoms. The van der Waals surface area contributed by atoms with E-state index in [1.807, 2.05) is 0 Å². The molecule has 1 rings (SSSR count). The Labute approximate surface area is 119 Å². The Morgan fingerprint density at radius 3 is 2.57 bits per heavy atom. The fraction of sp³-hybridized carbons (Fsp3) is 0.214. The van der Waals surface area contributed by atoms with Crippen molar-refractivity contribution in [2.75, 3.05) is 0 Å². The third kappa shape index (κ3) is 6.33. The summed E-state index contributed by atoms with van der Waals surface area (Å²) in [5, 5.41) is 19.6. The van der Waals surface area contributed by atoms with Crippen molar-refractivity contribution in [1.82, 2.24) is 5.32 Å². The molecule has 6 nitrogen and oxygen atoms in total. The summed E-state index contributed by atoms with van der Waals surface area (Å²) in [6.45, 7) is 0. The molecule has 0 heterocycles. The van der Waals surface area contributed by atoms with E-state index in [9.17, 15) is 18.8 Å². The van der Waals surface area contributed by atoms with Crippen LogP contribution in [0.15, 0.2) is 30.3 Å². The van der Waals surface area contributed by atoms with Crippen molar-refractivity contribution in [2.24, 2.45) is 0 Å². The van der Waals surface area contributed by atoms with Crippen molar-refractivity contribution in [3.05, 3.63) is 41.7 Å². The van der Waals surface area contributed by atoms with Crippen LogP contribution in [0, 0.1) is 5.82 Å². The van der Waals surface area contributed by atoms with Crippen molar-refractivity contribution in [2.45, 2.75) is 18.9 Å². The van der Waals surface area contributed by atoms with Gasteiger partial charge in [-0.1, -0.05) is 12.1 Å². The SMILES string of the molecule is O=C(O)CC[C@H](NC(=O)/C=C/c1cccc(F)c1)C(=O)O. The first-order valence-corrected chi connectivity index (χ1v) is 6.07. The normalized spacial score (nSPS) is 12.0. The molecule has 3 N–H and O–H groups in total. The van der Waals surface area contributed by atoms with Crippen LogP contribution in [0.3, 0.4) is 0 Å². The van der Waals surface area contributed by atoms with Crippen LogP contribution in [0.1, 0.15) is 18.4 Å². The molecule has 1 aromatic carbocycles. The molecule has 0 aliphatic rings. The lowest BCUT2D eigenvalue weighted by molar-refractivity contribution is -0.142. The van der Waals surface area contributed by atoms with Gasteiger partial charge in [-0.15, -0.1) is 0 Å². The molecule has 1 amide bonds. The van der Waals surface area contributed by atoms with E-state index in [-0.39, 0.29) is 12.8 Å². The minimum absolute atomic E-state index is 0.218. The summed E-state index contributed by atoms with van der Waals surface area (Å²) in [6, 6.07) is 4.23. The molecule has 1 atom stereocenters. The molecule has 0 unspecified atom stereocenters. The lowest BCUT2D eigenvalue weighted by atomic mass is 10.1. The van der Waals surface area contributed by atoms with Gasteiger partial charge in [0.25, 0.3) is 0 Å². The third-order valence-electron chi connectivity index (χ3n) is 2.54. The van der Waals surface area contributed by atoms with Gasteiger partial charge in [-0.2, -0.15) is 0 Å². The second-order valence-corrected chi connectivity index (χ2v) is 4.22. The molecular formula is C14H14FNO5. The molecular weight excluding hydrogens is 281 g/mol. The summed E-state index contributed by atoms with van der Waals surface area (Å²) in [7, 11) is 0. The highest BCUT2D eigenvalue weighted by Crippen LogP contribution is 2.05. The van der Waals surface area contributed by atoms with Crippen LogP contribution < -0.4 is 5.32 Å². The van der Waals surface area contributed by atoms with Crippen LogP contribution in [-0.2, 0) is 14.4 Å². The average Bonchev–Trinajstić information content (AvgIpc) is 2.40. The largest absolute Gasteiger partial charge is 0.481 e. The molecule has 7 heteroatoms. The van der Waals surface area contributed by atoms with E-state index in [1.54, 1.807) is 6.07 Å². The zero-order valence-corrected chi connectivity index (χ0v) is 11.0. The molecule has 0 aromatic heterocycles. The molecule has 0 aliphatic heterocycles. The van der Waals surface area contributed by atoms with Crippen LogP contribution in [0.4, 0.5) is 4.39 Å². The van der Waals surface area contributed by atoms with E-state index < -0.39 is 29.7 Å². The number of hydrogen-bond acceptors (Lipinski definition) is 3. The summed E-state index contributed by atoms with van der Waals surface area (Å²) < 4.78 is 12.9.